The lowest BCUT2D eigenvalue weighted by Crippen LogP contribution is -2.28. The van der Waals surface area contributed by atoms with Gasteiger partial charge in [-0.2, -0.15) is 0 Å². The first kappa shape index (κ1) is 39.6. The Morgan fingerprint density at radius 1 is 0.537 bits per heavy atom. The van der Waals surface area contributed by atoms with Gasteiger partial charge in [-0.3, -0.25) is 9.59 Å². The molecule has 0 spiro atoms. The van der Waals surface area contributed by atoms with E-state index in [9.17, 15) is 14.7 Å². The van der Waals surface area contributed by atoms with E-state index in [1.807, 2.05) is 0 Å². The Labute approximate surface area is 254 Å². The molecule has 5 nitrogen and oxygen atoms in total. The van der Waals surface area contributed by atoms with Crippen LogP contribution in [-0.2, 0) is 19.1 Å². The molecule has 0 aliphatic rings. The Bertz CT molecular complexity index is 589. The molecule has 0 radical (unpaired) electrons. The minimum Gasteiger partial charge on any atom is -0.462 e. The maximum Gasteiger partial charge on any atom is 0.306 e. The van der Waals surface area contributed by atoms with Gasteiger partial charge in [0, 0.05) is 12.8 Å². The molecule has 0 unspecified atom stereocenters. The first-order valence-electron chi connectivity index (χ1n) is 17.7. The van der Waals surface area contributed by atoms with Crippen molar-refractivity contribution >= 4 is 11.9 Å². The maximum atomic E-state index is 12.1. The third-order valence-corrected chi connectivity index (χ3v) is 7.81. The normalized spacial score (nSPS) is 12.2. The van der Waals surface area contributed by atoms with Gasteiger partial charge in [0.15, 0.2) is 6.10 Å². The van der Waals surface area contributed by atoms with Gasteiger partial charge in [-0.1, -0.05) is 148 Å². The number of carbonyl (C=O) groups excluding carboxylic acids is 2. The summed E-state index contributed by atoms with van der Waals surface area (Å²) >= 11 is 0. The van der Waals surface area contributed by atoms with E-state index >= 15 is 0 Å². The summed E-state index contributed by atoms with van der Waals surface area (Å²) in [4.78, 5) is 24.1. The van der Waals surface area contributed by atoms with Crippen molar-refractivity contribution in [2.45, 2.75) is 193 Å². The topological polar surface area (TPSA) is 72.8 Å². The van der Waals surface area contributed by atoms with Crippen LogP contribution in [0.25, 0.3) is 0 Å². The first-order valence-corrected chi connectivity index (χ1v) is 17.7. The van der Waals surface area contributed by atoms with Crippen molar-refractivity contribution < 1.29 is 24.2 Å². The van der Waals surface area contributed by atoms with Crippen LogP contribution < -0.4 is 0 Å². The van der Waals surface area contributed by atoms with Crippen LogP contribution in [0.4, 0.5) is 0 Å². The number of esters is 2. The van der Waals surface area contributed by atoms with Crippen molar-refractivity contribution in [1.29, 1.82) is 0 Å². The number of hydrogen-bond donors (Lipinski definition) is 1. The van der Waals surface area contributed by atoms with E-state index in [-0.39, 0.29) is 25.2 Å². The number of carbonyl (C=O) groups is 2. The van der Waals surface area contributed by atoms with Crippen LogP contribution in [0.15, 0.2) is 12.2 Å². The average molecular weight is 581 g/mol. The summed E-state index contributed by atoms with van der Waals surface area (Å²) in [7, 11) is 0. The van der Waals surface area contributed by atoms with E-state index in [4.69, 9.17) is 9.47 Å². The van der Waals surface area contributed by atoms with Crippen molar-refractivity contribution in [2.75, 3.05) is 13.2 Å². The van der Waals surface area contributed by atoms with Crippen molar-refractivity contribution in [2.24, 2.45) is 0 Å². The lowest BCUT2D eigenvalue weighted by molar-refractivity contribution is -0.161. The number of unbranched alkanes of at least 4 members (excludes halogenated alkanes) is 22. The molecule has 0 saturated carbocycles. The highest BCUT2D eigenvalue weighted by molar-refractivity contribution is 5.70. The smallest absolute Gasteiger partial charge is 0.306 e. The zero-order chi connectivity index (χ0) is 30.1. The third kappa shape index (κ3) is 31.4. The molecule has 0 bridgehead atoms. The number of rotatable bonds is 32. The van der Waals surface area contributed by atoms with Gasteiger partial charge in [-0.15, -0.1) is 0 Å². The fraction of sp³-hybridized carbons (Fsp3) is 0.889. The van der Waals surface area contributed by atoms with E-state index in [1.54, 1.807) is 0 Å². The Hall–Kier alpha value is -1.36. The average Bonchev–Trinajstić information content (AvgIpc) is 2.97. The Kier molecular flexibility index (Phi) is 32.0. The SMILES string of the molecule is CCCCCCCC/C=C/CCCCCCCCCC(=O)OC[C@H](CO)OC(=O)CCCCCCCCCCCC. The largest absolute Gasteiger partial charge is 0.462 e. The molecule has 242 valence electrons. The van der Waals surface area contributed by atoms with Gasteiger partial charge in [0.2, 0.25) is 0 Å². The molecule has 0 aliphatic heterocycles. The molecule has 0 aromatic carbocycles. The Balaban J connectivity index is 3.54. The predicted octanol–water partition coefficient (Wildman–Crippen LogP) is 10.6. The molecular formula is C36H68O5. The van der Waals surface area contributed by atoms with Crippen LogP contribution in [0.1, 0.15) is 187 Å². The molecule has 0 amide bonds. The van der Waals surface area contributed by atoms with Crippen molar-refractivity contribution in [1.82, 2.24) is 0 Å². The van der Waals surface area contributed by atoms with Crippen LogP contribution in [0.3, 0.4) is 0 Å². The monoisotopic (exact) mass is 581 g/mol. The fourth-order valence-electron chi connectivity index (χ4n) is 5.08. The summed E-state index contributed by atoms with van der Waals surface area (Å²) in [6.07, 6.45) is 35.5. The van der Waals surface area contributed by atoms with E-state index in [0.717, 1.165) is 38.5 Å². The molecule has 0 heterocycles. The van der Waals surface area contributed by atoms with Crippen LogP contribution in [0, 0.1) is 0 Å². The number of aliphatic hydroxyl groups excluding tert-OH is 1. The van der Waals surface area contributed by atoms with Gasteiger partial charge >= 0.3 is 11.9 Å². The maximum absolute atomic E-state index is 12.1. The Morgan fingerprint density at radius 2 is 0.902 bits per heavy atom. The Morgan fingerprint density at radius 3 is 1.32 bits per heavy atom. The number of aliphatic hydroxyl groups is 1. The highest BCUT2D eigenvalue weighted by atomic mass is 16.6. The molecule has 0 rings (SSSR count). The van der Waals surface area contributed by atoms with Crippen molar-refractivity contribution in [3.63, 3.8) is 0 Å². The van der Waals surface area contributed by atoms with Gasteiger partial charge in [0.25, 0.3) is 0 Å². The van der Waals surface area contributed by atoms with Gasteiger partial charge in [-0.25, -0.2) is 0 Å². The summed E-state index contributed by atoms with van der Waals surface area (Å²) in [6.45, 7) is 4.11. The van der Waals surface area contributed by atoms with Crippen molar-refractivity contribution in [3.8, 4) is 0 Å². The summed E-state index contributed by atoms with van der Waals surface area (Å²) in [5, 5.41) is 9.49. The summed E-state index contributed by atoms with van der Waals surface area (Å²) in [5.74, 6) is -0.592. The van der Waals surface area contributed by atoms with Gasteiger partial charge in [-0.05, 0) is 38.5 Å². The number of allylic oxidation sites excluding steroid dienone is 2. The van der Waals surface area contributed by atoms with Gasteiger partial charge in [0.1, 0.15) is 6.61 Å². The zero-order valence-electron chi connectivity index (χ0n) is 27.3. The fourth-order valence-corrected chi connectivity index (χ4v) is 5.08. The molecule has 5 heteroatoms. The van der Waals surface area contributed by atoms with Gasteiger partial charge in [0.05, 0.1) is 6.61 Å². The highest BCUT2D eigenvalue weighted by Crippen LogP contribution is 2.13. The molecule has 0 fully saturated rings. The number of ether oxygens (including phenoxy) is 2. The van der Waals surface area contributed by atoms with E-state index in [1.165, 1.54) is 122 Å². The van der Waals surface area contributed by atoms with Crippen LogP contribution in [0.2, 0.25) is 0 Å². The summed E-state index contributed by atoms with van der Waals surface area (Å²) in [6, 6.07) is 0. The van der Waals surface area contributed by atoms with Crippen LogP contribution in [-0.4, -0.2) is 36.4 Å². The lowest BCUT2D eigenvalue weighted by Gasteiger charge is -2.15. The van der Waals surface area contributed by atoms with E-state index in [0.29, 0.717) is 12.8 Å². The molecule has 1 atom stereocenters. The second kappa shape index (κ2) is 33.1. The molecule has 0 aromatic heterocycles. The quantitative estimate of drug-likeness (QED) is 0.0487. The molecule has 0 aromatic rings. The molecule has 0 saturated heterocycles. The van der Waals surface area contributed by atoms with E-state index < -0.39 is 6.10 Å². The second-order valence-corrected chi connectivity index (χ2v) is 12.0. The minimum atomic E-state index is -0.764. The first-order chi connectivity index (χ1) is 20.1. The molecule has 41 heavy (non-hydrogen) atoms. The molecule has 1 N–H and O–H groups in total. The van der Waals surface area contributed by atoms with Gasteiger partial charge < -0.3 is 14.6 Å². The number of hydrogen-bond acceptors (Lipinski definition) is 5. The standard InChI is InChI=1S/C36H68O5/c1-3-5-7-9-11-13-15-16-17-18-19-20-21-23-24-26-28-30-35(38)40-33-34(32-37)41-36(39)31-29-27-25-22-14-12-10-8-6-4-2/h16-17,34,37H,3-15,18-33H2,1-2H3/b17-16+/t34-/m0/s1. The summed E-state index contributed by atoms with van der Waals surface area (Å²) in [5.41, 5.74) is 0. The summed E-state index contributed by atoms with van der Waals surface area (Å²) < 4.78 is 10.5. The van der Waals surface area contributed by atoms with Crippen LogP contribution >= 0.6 is 0 Å². The minimum absolute atomic E-state index is 0.0630. The lowest BCUT2D eigenvalue weighted by atomic mass is 10.1. The molecule has 0 aliphatic carbocycles. The van der Waals surface area contributed by atoms with Crippen molar-refractivity contribution in [3.05, 3.63) is 12.2 Å². The highest BCUT2D eigenvalue weighted by Gasteiger charge is 2.16. The second-order valence-electron chi connectivity index (χ2n) is 12.0. The zero-order valence-corrected chi connectivity index (χ0v) is 27.3. The van der Waals surface area contributed by atoms with Crippen LogP contribution in [0.5, 0.6) is 0 Å². The third-order valence-electron chi connectivity index (χ3n) is 7.81. The predicted molar refractivity (Wildman–Crippen MR) is 173 cm³/mol. The molecular weight excluding hydrogens is 512 g/mol. The van der Waals surface area contributed by atoms with E-state index in [2.05, 4.69) is 26.0 Å².